The molecule has 3 aromatic rings. The van der Waals surface area contributed by atoms with Gasteiger partial charge in [-0.25, -0.2) is 4.39 Å². The average Bonchev–Trinajstić information content (AvgIpc) is 2.93. The Bertz CT molecular complexity index is 814. The minimum Gasteiger partial charge on any atom is -0.379 e. The largest absolute Gasteiger partial charge is 0.379 e. The highest BCUT2D eigenvalue weighted by Crippen LogP contribution is 2.21. The van der Waals surface area contributed by atoms with E-state index in [9.17, 15) is 14.5 Å². The van der Waals surface area contributed by atoms with Gasteiger partial charge in [0.25, 0.3) is 5.69 Å². The SMILES string of the molecule is O=[N+]([O-])c1ccc(NCc2ccc3[nH]ccc3c2)c(F)c1. The van der Waals surface area contributed by atoms with Gasteiger partial charge < -0.3 is 10.3 Å². The standard InChI is InChI=1S/C15H12FN3O2/c16-13-8-12(19(20)21)2-4-15(13)18-9-10-1-3-14-11(7-10)5-6-17-14/h1-8,17-18H,9H2. The Hall–Kier alpha value is -2.89. The third-order valence-corrected chi connectivity index (χ3v) is 3.26. The number of nitro groups is 1. The highest BCUT2D eigenvalue weighted by molar-refractivity contribution is 5.80. The third kappa shape index (κ3) is 2.69. The molecule has 0 aliphatic heterocycles. The molecule has 5 nitrogen and oxygen atoms in total. The van der Waals surface area contributed by atoms with E-state index in [1.54, 1.807) is 0 Å². The summed E-state index contributed by atoms with van der Waals surface area (Å²) >= 11 is 0. The first-order chi connectivity index (χ1) is 10.1. The highest BCUT2D eigenvalue weighted by atomic mass is 19.1. The summed E-state index contributed by atoms with van der Waals surface area (Å²) in [5.74, 6) is -0.632. The van der Waals surface area contributed by atoms with Crippen molar-refractivity contribution in [3.05, 3.63) is 70.2 Å². The monoisotopic (exact) mass is 285 g/mol. The number of rotatable bonds is 4. The van der Waals surface area contributed by atoms with Gasteiger partial charge in [-0.05, 0) is 35.2 Å². The van der Waals surface area contributed by atoms with Crippen molar-refractivity contribution >= 4 is 22.3 Å². The predicted molar refractivity (Wildman–Crippen MR) is 78.7 cm³/mol. The van der Waals surface area contributed by atoms with Crippen LogP contribution in [0, 0.1) is 15.9 Å². The molecule has 0 fully saturated rings. The summed E-state index contributed by atoms with van der Waals surface area (Å²) in [5.41, 5.74) is 2.03. The number of nitrogens with one attached hydrogen (secondary N) is 2. The number of nitrogens with zero attached hydrogens (tertiary/aromatic N) is 1. The lowest BCUT2D eigenvalue weighted by Crippen LogP contribution is -2.02. The van der Waals surface area contributed by atoms with Gasteiger partial charge in [0, 0.05) is 24.3 Å². The van der Waals surface area contributed by atoms with Crippen molar-refractivity contribution in [2.75, 3.05) is 5.32 Å². The van der Waals surface area contributed by atoms with E-state index in [4.69, 9.17) is 0 Å². The Morgan fingerprint density at radius 2 is 2.05 bits per heavy atom. The van der Waals surface area contributed by atoms with Crippen LogP contribution in [0.25, 0.3) is 10.9 Å². The van der Waals surface area contributed by atoms with E-state index in [1.807, 2.05) is 30.5 Å². The zero-order valence-corrected chi connectivity index (χ0v) is 11.0. The van der Waals surface area contributed by atoms with Crippen LogP contribution in [0.15, 0.2) is 48.7 Å². The number of hydrogen-bond donors (Lipinski definition) is 2. The first-order valence-corrected chi connectivity index (χ1v) is 6.37. The van der Waals surface area contributed by atoms with Crippen LogP contribution in [-0.2, 0) is 6.54 Å². The Kier molecular flexibility index (Phi) is 3.27. The second kappa shape index (κ2) is 5.24. The number of aromatic amines is 1. The van der Waals surface area contributed by atoms with Crippen LogP contribution < -0.4 is 5.32 Å². The molecule has 0 aliphatic rings. The molecule has 0 atom stereocenters. The molecule has 2 N–H and O–H groups in total. The quantitative estimate of drug-likeness (QED) is 0.565. The summed E-state index contributed by atoms with van der Waals surface area (Å²) in [4.78, 5) is 13.0. The van der Waals surface area contributed by atoms with E-state index < -0.39 is 10.7 Å². The van der Waals surface area contributed by atoms with E-state index in [0.717, 1.165) is 22.5 Å². The summed E-state index contributed by atoms with van der Waals surface area (Å²) < 4.78 is 13.7. The number of anilines is 1. The second-order valence-electron chi connectivity index (χ2n) is 4.67. The molecule has 0 amide bonds. The molecule has 0 spiro atoms. The molecule has 0 saturated carbocycles. The van der Waals surface area contributed by atoms with Crippen LogP contribution in [0.5, 0.6) is 0 Å². The molecule has 6 heteroatoms. The summed E-state index contributed by atoms with van der Waals surface area (Å²) in [6, 6.07) is 11.4. The fourth-order valence-corrected chi connectivity index (χ4v) is 2.17. The summed E-state index contributed by atoms with van der Waals surface area (Å²) in [7, 11) is 0. The second-order valence-corrected chi connectivity index (χ2v) is 4.67. The fraction of sp³-hybridized carbons (Fsp3) is 0.0667. The number of aromatic nitrogens is 1. The molecule has 106 valence electrons. The minimum absolute atomic E-state index is 0.245. The number of hydrogen-bond acceptors (Lipinski definition) is 3. The van der Waals surface area contributed by atoms with E-state index in [-0.39, 0.29) is 11.4 Å². The first-order valence-electron chi connectivity index (χ1n) is 6.37. The van der Waals surface area contributed by atoms with E-state index in [2.05, 4.69) is 10.3 Å². The third-order valence-electron chi connectivity index (χ3n) is 3.26. The van der Waals surface area contributed by atoms with Gasteiger partial charge in [-0.3, -0.25) is 10.1 Å². The van der Waals surface area contributed by atoms with E-state index in [1.165, 1.54) is 12.1 Å². The number of H-pyrrole nitrogens is 1. The molecule has 0 bridgehead atoms. The molecular formula is C15H12FN3O2. The lowest BCUT2D eigenvalue weighted by atomic mass is 10.1. The molecule has 3 rings (SSSR count). The van der Waals surface area contributed by atoms with E-state index in [0.29, 0.717) is 6.54 Å². The van der Waals surface area contributed by atoms with E-state index >= 15 is 0 Å². The number of fused-ring (bicyclic) bond motifs is 1. The van der Waals surface area contributed by atoms with Gasteiger partial charge in [-0.15, -0.1) is 0 Å². The van der Waals surface area contributed by atoms with Crippen LogP contribution in [0.2, 0.25) is 0 Å². The zero-order chi connectivity index (χ0) is 14.8. The summed E-state index contributed by atoms with van der Waals surface area (Å²) in [6.07, 6.45) is 1.86. The number of benzene rings is 2. The fourth-order valence-electron chi connectivity index (χ4n) is 2.17. The summed E-state index contributed by atoms with van der Waals surface area (Å²) in [6.45, 7) is 0.440. The molecular weight excluding hydrogens is 273 g/mol. The minimum atomic E-state index is -0.632. The van der Waals surface area contributed by atoms with Crippen LogP contribution in [0.4, 0.5) is 15.8 Å². The van der Waals surface area contributed by atoms with Crippen molar-refractivity contribution in [2.45, 2.75) is 6.54 Å². The molecule has 0 radical (unpaired) electrons. The number of nitro benzene ring substituents is 1. The van der Waals surface area contributed by atoms with Gasteiger partial charge in [0.2, 0.25) is 0 Å². The van der Waals surface area contributed by atoms with Gasteiger partial charge in [0.15, 0.2) is 5.82 Å². The molecule has 2 aromatic carbocycles. The van der Waals surface area contributed by atoms with Crippen molar-refractivity contribution < 1.29 is 9.31 Å². The van der Waals surface area contributed by atoms with Gasteiger partial charge in [0.05, 0.1) is 16.7 Å². The molecule has 21 heavy (non-hydrogen) atoms. The van der Waals surface area contributed by atoms with Crippen molar-refractivity contribution in [2.24, 2.45) is 0 Å². The maximum absolute atomic E-state index is 13.7. The lowest BCUT2D eigenvalue weighted by molar-refractivity contribution is -0.385. The maximum atomic E-state index is 13.7. The van der Waals surface area contributed by atoms with Crippen molar-refractivity contribution in [3.63, 3.8) is 0 Å². The Morgan fingerprint density at radius 3 is 2.81 bits per heavy atom. The van der Waals surface area contributed by atoms with Gasteiger partial charge in [-0.1, -0.05) is 6.07 Å². The Morgan fingerprint density at radius 1 is 1.19 bits per heavy atom. The normalized spacial score (nSPS) is 10.7. The molecule has 0 aliphatic carbocycles. The van der Waals surface area contributed by atoms with Gasteiger partial charge in [0.1, 0.15) is 0 Å². The van der Waals surface area contributed by atoms with Crippen molar-refractivity contribution in [3.8, 4) is 0 Å². The Balaban J connectivity index is 1.76. The number of halogens is 1. The smallest absolute Gasteiger partial charge is 0.272 e. The Labute approximate surface area is 119 Å². The zero-order valence-electron chi connectivity index (χ0n) is 11.0. The van der Waals surface area contributed by atoms with Crippen LogP contribution in [-0.4, -0.2) is 9.91 Å². The lowest BCUT2D eigenvalue weighted by Gasteiger charge is -2.07. The maximum Gasteiger partial charge on any atom is 0.272 e. The van der Waals surface area contributed by atoms with Gasteiger partial charge in [-0.2, -0.15) is 0 Å². The molecule has 0 unspecified atom stereocenters. The first kappa shape index (κ1) is 13.1. The van der Waals surface area contributed by atoms with Gasteiger partial charge >= 0.3 is 0 Å². The topological polar surface area (TPSA) is 71.0 Å². The van der Waals surface area contributed by atoms with Crippen molar-refractivity contribution in [1.29, 1.82) is 0 Å². The number of non-ortho nitro benzene ring substituents is 1. The van der Waals surface area contributed by atoms with Crippen LogP contribution >= 0.6 is 0 Å². The highest BCUT2D eigenvalue weighted by Gasteiger charge is 2.10. The molecule has 1 heterocycles. The molecule has 1 aromatic heterocycles. The average molecular weight is 285 g/mol. The predicted octanol–water partition coefficient (Wildman–Crippen LogP) is 3.83. The molecule has 0 saturated heterocycles. The van der Waals surface area contributed by atoms with Crippen molar-refractivity contribution in [1.82, 2.24) is 4.98 Å². The summed E-state index contributed by atoms with van der Waals surface area (Å²) in [5, 5.41) is 14.6. The van der Waals surface area contributed by atoms with Crippen LogP contribution in [0.1, 0.15) is 5.56 Å². The van der Waals surface area contributed by atoms with Crippen LogP contribution in [0.3, 0.4) is 0 Å².